The summed E-state index contributed by atoms with van der Waals surface area (Å²) >= 11 is 0. The lowest BCUT2D eigenvalue weighted by molar-refractivity contribution is 0.0595. The monoisotopic (exact) mass is 263 g/mol. The second kappa shape index (κ2) is 5.30. The third-order valence-electron chi connectivity index (χ3n) is 2.36. The fourth-order valence-corrected chi connectivity index (χ4v) is 1.46. The third kappa shape index (κ3) is 2.76. The van der Waals surface area contributed by atoms with Gasteiger partial charge in [0.25, 0.3) is 5.91 Å². The summed E-state index contributed by atoms with van der Waals surface area (Å²) in [5.74, 6) is -1.73. The molecule has 0 aliphatic heterocycles. The molecule has 0 unspecified atom stereocenters. The molecule has 1 amide bonds. The van der Waals surface area contributed by atoms with Crippen LogP contribution >= 0.6 is 0 Å². The van der Waals surface area contributed by atoms with Crippen molar-refractivity contribution in [1.82, 2.24) is 10.2 Å². The van der Waals surface area contributed by atoms with E-state index in [1.807, 2.05) is 0 Å². The van der Waals surface area contributed by atoms with Gasteiger partial charge in [0.2, 0.25) is 0 Å². The molecule has 0 radical (unpaired) electrons. The zero-order valence-corrected chi connectivity index (χ0v) is 9.94. The Balaban J connectivity index is 2.20. The number of aromatic nitrogens is 2. The average Bonchev–Trinajstić information content (AvgIpc) is 2.86. The van der Waals surface area contributed by atoms with Crippen molar-refractivity contribution in [3.63, 3.8) is 0 Å². The van der Waals surface area contributed by atoms with E-state index in [-0.39, 0.29) is 16.9 Å². The number of methoxy groups -OCH3 is 1. The van der Waals surface area contributed by atoms with Gasteiger partial charge in [0.15, 0.2) is 5.69 Å². The zero-order valence-electron chi connectivity index (χ0n) is 9.94. The largest absolute Gasteiger partial charge is 0.464 e. The number of aromatic amines is 1. The lowest BCUT2D eigenvalue weighted by atomic mass is 10.2. The van der Waals surface area contributed by atoms with Gasteiger partial charge in [-0.25, -0.2) is 9.18 Å². The summed E-state index contributed by atoms with van der Waals surface area (Å²) in [5.41, 5.74) is 0.324. The number of carbonyl (C=O) groups is 2. The molecule has 19 heavy (non-hydrogen) atoms. The number of rotatable bonds is 3. The maximum atomic E-state index is 13.0. The van der Waals surface area contributed by atoms with Crippen molar-refractivity contribution in [2.45, 2.75) is 0 Å². The molecule has 2 aromatic rings. The zero-order chi connectivity index (χ0) is 13.8. The molecule has 1 aromatic carbocycles. The van der Waals surface area contributed by atoms with Crippen molar-refractivity contribution in [2.75, 3.05) is 12.4 Å². The Labute approximate surface area is 107 Å². The summed E-state index contributed by atoms with van der Waals surface area (Å²) < 4.78 is 17.5. The van der Waals surface area contributed by atoms with Gasteiger partial charge < -0.3 is 10.1 Å². The predicted molar refractivity (Wildman–Crippen MR) is 64.3 cm³/mol. The van der Waals surface area contributed by atoms with E-state index in [1.54, 1.807) is 0 Å². The van der Waals surface area contributed by atoms with Crippen molar-refractivity contribution < 1.29 is 18.7 Å². The molecule has 6 nitrogen and oxygen atoms in total. The van der Waals surface area contributed by atoms with E-state index in [9.17, 15) is 14.0 Å². The number of amides is 1. The molecule has 0 aliphatic carbocycles. The second-order valence-electron chi connectivity index (χ2n) is 3.61. The lowest BCUT2D eigenvalue weighted by Gasteiger charge is -2.04. The van der Waals surface area contributed by atoms with Gasteiger partial charge in [-0.05, 0) is 18.2 Å². The summed E-state index contributed by atoms with van der Waals surface area (Å²) in [6.07, 6.45) is 1.27. The number of carbonyl (C=O) groups excluding carboxylic acids is 2. The number of esters is 1. The van der Waals surface area contributed by atoms with E-state index in [4.69, 9.17) is 0 Å². The number of hydrogen-bond acceptors (Lipinski definition) is 4. The van der Waals surface area contributed by atoms with Gasteiger partial charge in [-0.1, -0.05) is 6.07 Å². The first-order valence-corrected chi connectivity index (χ1v) is 5.30. The smallest absolute Gasteiger partial charge is 0.358 e. The number of nitrogens with zero attached hydrogens (tertiary/aromatic N) is 1. The summed E-state index contributed by atoms with van der Waals surface area (Å²) in [6.45, 7) is 0. The van der Waals surface area contributed by atoms with E-state index in [0.717, 1.165) is 6.07 Å². The van der Waals surface area contributed by atoms with Crippen molar-refractivity contribution in [3.05, 3.63) is 47.5 Å². The van der Waals surface area contributed by atoms with Crippen LogP contribution < -0.4 is 5.32 Å². The molecule has 7 heteroatoms. The maximum absolute atomic E-state index is 13.0. The van der Waals surface area contributed by atoms with Crippen molar-refractivity contribution in [3.8, 4) is 0 Å². The maximum Gasteiger partial charge on any atom is 0.358 e. The Morgan fingerprint density at radius 2 is 2.21 bits per heavy atom. The van der Waals surface area contributed by atoms with Crippen LogP contribution in [-0.2, 0) is 4.74 Å². The Bertz CT molecular complexity index is 624. The lowest BCUT2D eigenvalue weighted by Crippen LogP contribution is -2.14. The molecule has 0 bridgehead atoms. The standard InChI is InChI=1S/C12H10FN3O3/c1-19-12(18)10-9(6-14-16-10)15-11(17)7-3-2-4-8(13)5-7/h2-6H,1H3,(H,14,16)(H,15,17). The van der Waals surface area contributed by atoms with E-state index < -0.39 is 17.7 Å². The van der Waals surface area contributed by atoms with Gasteiger partial charge in [-0.2, -0.15) is 5.10 Å². The molecule has 1 aromatic heterocycles. The van der Waals surface area contributed by atoms with Crippen LogP contribution in [-0.4, -0.2) is 29.2 Å². The minimum Gasteiger partial charge on any atom is -0.464 e. The van der Waals surface area contributed by atoms with Crippen LogP contribution in [0.3, 0.4) is 0 Å². The highest BCUT2D eigenvalue weighted by molar-refractivity contribution is 6.07. The number of halogens is 1. The Morgan fingerprint density at radius 3 is 2.89 bits per heavy atom. The number of hydrogen-bond donors (Lipinski definition) is 2. The van der Waals surface area contributed by atoms with Crippen LogP contribution in [0.5, 0.6) is 0 Å². The Kier molecular flexibility index (Phi) is 3.56. The second-order valence-corrected chi connectivity index (χ2v) is 3.61. The summed E-state index contributed by atoms with van der Waals surface area (Å²) in [5, 5.41) is 8.50. The third-order valence-corrected chi connectivity index (χ3v) is 2.36. The molecule has 0 saturated carbocycles. The first-order valence-electron chi connectivity index (χ1n) is 5.30. The topological polar surface area (TPSA) is 84.1 Å². The minimum atomic E-state index is -0.660. The van der Waals surface area contributed by atoms with E-state index in [1.165, 1.54) is 31.5 Å². The SMILES string of the molecule is COC(=O)c1[nH]ncc1NC(=O)c1cccc(F)c1. The minimum absolute atomic E-state index is 0.0206. The van der Waals surface area contributed by atoms with E-state index >= 15 is 0 Å². The summed E-state index contributed by atoms with van der Waals surface area (Å²) in [4.78, 5) is 23.2. The van der Waals surface area contributed by atoms with Gasteiger partial charge in [-0.15, -0.1) is 0 Å². The van der Waals surface area contributed by atoms with Gasteiger partial charge in [0, 0.05) is 5.56 Å². The van der Waals surface area contributed by atoms with Crippen LogP contribution in [0.1, 0.15) is 20.8 Å². The van der Waals surface area contributed by atoms with Crippen molar-refractivity contribution in [1.29, 1.82) is 0 Å². The van der Waals surface area contributed by atoms with Crippen molar-refractivity contribution in [2.24, 2.45) is 0 Å². The first kappa shape index (κ1) is 12.7. The highest BCUT2D eigenvalue weighted by Crippen LogP contribution is 2.14. The fourth-order valence-electron chi connectivity index (χ4n) is 1.46. The highest BCUT2D eigenvalue weighted by atomic mass is 19.1. The highest BCUT2D eigenvalue weighted by Gasteiger charge is 2.17. The number of nitrogens with one attached hydrogen (secondary N) is 2. The summed E-state index contributed by atoms with van der Waals surface area (Å²) in [6, 6.07) is 5.19. The molecule has 2 N–H and O–H groups in total. The molecule has 98 valence electrons. The molecule has 0 spiro atoms. The van der Waals surface area contributed by atoms with Crippen LogP contribution in [0.2, 0.25) is 0 Å². The molecule has 1 heterocycles. The number of anilines is 1. The van der Waals surface area contributed by atoms with E-state index in [0.29, 0.717) is 0 Å². The summed E-state index contributed by atoms with van der Waals surface area (Å²) in [7, 11) is 1.21. The van der Waals surface area contributed by atoms with Crippen LogP contribution in [0.25, 0.3) is 0 Å². The molecular weight excluding hydrogens is 253 g/mol. The molecule has 2 rings (SSSR count). The van der Waals surface area contributed by atoms with Gasteiger partial charge in [0.05, 0.1) is 19.0 Å². The number of ether oxygens (including phenoxy) is 1. The molecular formula is C12H10FN3O3. The Morgan fingerprint density at radius 1 is 1.42 bits per heavy atom. The normalized spacial score (nSPS) is 10.0. The number of benzene rings is 1. The molecule has 0 aliphatic rings. The van der Waals surface area contributed by atoms with Crippen LogP contribution in [0.4, 0.5) is 10.1 Å². The van der Waals surface area contributed by atoms with Gasteiger partial charge in [-0.3, -0.25) is 9.89 Å². The van der Waals surface area contributed by atoms with Crippen LogP contribution in [0, 0.1) is 5.82 Å². The Hall–Kier alpha value is -2.70. The predicted octanol–water partition coefficient (Wildman–Crippen LogP) is 1.59. The first-order chi connectivity index (χ1) is 9.11. The van der Waals surface area contributed by atoms with Gasteiger partial charge in [0.1, 0.15) is 5.82 Å². The number of H-pyrrole nitrogens is 1. The molecule has 0 saturated heterocycles. The van der Waals surface area contributed by atoms with Gasteiger partial charge >= 0.3 is 5.97 Å². The fraction of sp³-hybridized carbons (Fsp3) is 0.0833. The van der Waals surface area contributed by atoms with Crippen LogP contribution in [0.15, 0.2) is 30.5 Å². The quantitative estimate of drug-likeness (QED) is 0.823. The van der Waals surface area contributed by atoms with Crippen molar-refractivity contribution >= 4 is 17.6 Å². The molecule has 0 atom stereocenters. The molecule has 0 fully saturated rings. The van der Waals surface area contributed by atoms with E-state index in [2.05, 4.69) is 20.3 Å². The average molecular weight is 263 g/mol.